The van der Waals surface area contributed by atoms with Crippen molar-refractivity contribution in [1.29, 1.82) is 0 Å². The molecule has 5 nitrogen and oxygen atoms in total. The van der Waals surface area contributed by atoms with Crippen LogP contribution in [-0.2, 0) is 4.79 Å². The molecule has 2 N–H and O–H groups in total. The van der Waals surface area contributed by atoms with Gasteiger partial charge in [0.15, 0.2) is 0 Å². The van der Waals surface area contributed by atoms with Crippen molar-refractivity contribution in [2.75, 3.05) is 19.6 Å². The molecule has 0 radical (unpaired) electrons. The van der Waals surface area contributed by atoms with Gasteiger partial charge >= 0.3 is 0 Å². The number of rotatable bonds is 3. The zero-order chi connectivity index (χ0) is 17.1. The monoisotopic (exact) mass is 369 g/mol. The number of amides is 2. The molecule has 130 valence electrons. The quantitative estimate of drug-likeness (QED) is 0.860. The van der Waals surface area contributed by atoms with Gasteiger partial charge in [-0.2, -0.15) is 0 Å². The van der Waals surface area contributed by atoms with Crippen LogP contribution in [0.2, 0.25) is 10.0 Å². The molecule has 1 aromatic carbocycles. The van der Waals surface area contributed by atoms with E-state index < -0.39 is 6.04 Å². The van der Waals surface area contributed by atoms with Crippen molar-refractivity contribution < 1.29 is 9.59 Å². The number of nitrogens with zero attached hydrogens (tertiary/aromatic N) is 1. The van der Waals surface area contributed by atoms with Crippen LogP contribution >= 0.6 is 23.2 Å². The first-order chi connectivity index (χ1) is 11.5. The summed E-state index contributed by atoms with van der Waals surface area (Å²) in [5.74, 6) is -0.263. The minimum absolute atomic E-state index is 0.0670. The molecule has 3 rings (SSSR count). The van der Waals surface area contributed by atoms with Gasteiger partial charge in [0.25, 0.3) is 5.91 Å². The van der Waals surface area contributed by atoms with Crippen molar-refractivity contribution >= 4 is 35.0 Å². The Labute approximate surface area is 151 Å². The first-order valence-electron chi connectivity index (χ1n) is 8.33. The second-order valence-electron chi connectivity index (χ2n) is 6.37. The molecule has 0 aromatic heterocycles. The normalized spacial score (nSPS) is 24.0. The molecule has 1 aromatic rings. The van der Waals surface area contributed by atoms with Gasteiger partial charge < -0.3 is 15.5 Å². The summed E-state index contributed by atoms with van der Waals surface area (Å²) in [6, 6.07) is 4.49. The van der Waals surface area contributed by atoms with Crippen molar-refractivity contribution in [3.8, 4) is 0 Å². The van der Waals surface area contributed by atoms with Crippen molar-refractivity contribution in [3.05, 3.63) is 33.8 Å². The Kier molecular flexibility index (Phi) is 5.64. The highest BCUT2D eigenvalue weighted by atomic mass is 35.5. The van der Waals surface area contributed by atoms with E-state index in [-0.39, 0.29) is 17.9 Å². The van der Waals surface area contributed by atoms with Crippen LogP contribution < -0.4 is 10.6 Å². The van der Waals surface area contributed by atoms with Crippen LogP contribution in [0.1, 0.15) is 36.0 Å². The molecule has 2 aliphatic rings. The minimum atomic E-state index is -0.419. The van der Waals surface area contributed by atoms with E-state index >= 15 is 0 Å². The van der Waals surface area contributed by atoms with Crippen molar-refractivity contribution in [3.63, 3.8) is 0 Å². The summed E-state index contributed by atoms with van der Waals surface area (Å²) < 4.78 is 0. The fourth-order valence-electron chi connectivity index (χ4n) is 3.40. The standard InChI is InChI=1S/C17H21Cl2N3O2/c18-12-7-11(8-13(19)9-12)17(24)22-6-2-4-15(22)16(23)21-14-3-1-5-20-10-14/h7-9,14-15,20H,1-6,10H2,(H,21,23). The molecule has 2 aliphatic heterocycles. The van der Waals surface area contributed by atoms with Crippen LogP contribution in [-0.4, -0.2) is 48.4 Å². The lowest BCUT2D eigenvalue weighted by Crippen LogP contribution is -2.52. The smallest absolute Gasteiger partial charge is 0.254 e. The van der Waals surface area contributed by atoms with Gasteiger partial charge in [0.05, 0.1) is 0 Å². The average Bonchev–Trinajstić information content (AvgIpc) is 3.04. The first kappa shape index (κ1) is 17.5. The van der Waals surface area contributed by atoms with Crippen molar-refractivity contribution in [1.82, 2.24) is 15.5 Å². The summed E-state index contributed by atoms with van der Waals surface area (Å²) in [5, 5.41) is 7.18. The molecular weight excluding hydrogens is 349 g/mol. The van der Waals surface area contributed by atoms with E-state index in [2.05, 4.69) is 10.6 Å². The summed E-state index contributed by atoms with van der Waals surface area (Å²) in [7, 11) is 0. The highest BCUT2D eigenvalue weighted by Crippen LogP contribution is 2.24. The van der Waals surface area contributed by atoms with Crippen molar-refractivity contribution in [2.24, 2.45) is 0 Å². The summed E-state index contributed by atoms with van der Waals surface area (Å²) in [6.45, 7) is 2.36. The number of halogens is 2. The lowest BCUT2D eigenvalue weighted by atomic mass is 10.1. The van der Waals surface area contributed by atoms with Gasteiger partial charge in [-0.15, -0.1) is 0 Å². The van der Waals surface area contributed by atoms with Crippen LogP contribution in [0, 0.1) is 0 Å². The van der Waals surface area contributed by atoms with E-state index in [1.54, 1.807) is 23.1 Å². The molecule has 2 atom stereocenters. The fraction of sp³-hybridized carbons (Fsp3) is 0.529. The molecule has 0 saturated carbocycles. The molecule has 2 saturated heterocycles. The number of carbonyl (C=O) groups excluding carboxylic acids is 2. The van der Waals surface area contributed by atoms with Crippen molar-refractivity contribution in [2.45, 2.75) is 37.8 Å². The maximum absolute atomic E-state index is 12.8. The van der Waals surface area contributed by atoms with Crippen LogP contribution in [0.25, 0.3) is 0 Å². The summed E-state index contributed by atoms with van der Waals surface area (Å²) >= 11 is 12.0. The Morgan fingerprint density at radius 2 is 1.88 bits per heavy atom. The van der Waals surface area contributed by atoms with E-state index in [9.17, 15) is 9.59 Å². The van der Waals surface area contributed by atoms with Gasteiger partial charge in [-0.25, -0.2) is 0 Å². The first-order valence-corrected chi connectivity index (χ1v) is 9.08. The topological polar surface area (TPSA) is 61.4 Å². The summed E-state index contributed by atoms with van der Waals surface area (Å²) in [5.41, 5.74) is 0.423. The number of benzene rings is 1. The highest BCUT2D eigenvalue weighted by molar-refractivity contribution is 6.35. The third-order valence-electron chi connectivity index (χ3n) is 4.57. The molecule has 7 heteroatoms. The Balaban J connectivity index is 1.69. The van der Waals surface area contributed by atoms with Gasteiger partial charge in [0, 0.05) is 34.7 Å². The SMILES string of the molecule is O=C(NC1CCCNC1)C1CCCN1C(=O)c1cc(Cl)cc(Cl)c1. The van der Waals surface area contributed by atoms with Crippen LogP contribution in [0.3, 0.4) is 0 Å². The lowest BCUT2D eigenvalue weighted by Gasteiger charge is -2.28. The van der Waals surface area contributed by atoms with E-state index in [0.717, 1.165) is 32.4 Å². The predicted molar refractivity (Wildman–Crippen MR) is 94.6 cm³/mol. The zero-order valence-electron chi connectivity index (χ0n) is 13.4. The molecule has 0 bridgehead atoms. The van der Waals surface area contributed by atoms with Gasteiger partial charge in [0.1, 0.15) is 6.04 Å². The minimum Gasteiger partial charge on any atom is -0.350 e. The summed E-state index contributed by atoms with van der Waals surface area (Å²) in [6.07, 6.45) is 3.54. The third-order valence-corrected chi connectivity index (χ3v) is 5.01. The Hall–Kier alpha value is -1.30. The van der Waals surface area contributed by atoms with Crippen LogP contribution in [0.4, 0.5) is 0 Å². The third kappa shape index (κ3) is 4.02. The van der Waals surface area contributed by atoms with Crippen LogP contribution in [0.15, 0.2) is 18.2 Å². The summed E-state index contributed by atoms with van der Waals surface area (Å²) in [4.78, 5) is 27.0. The van der Waals surface area contributed by atoms with Gasteiger partial charge in [0.2, 0.25) is 5.91 Å². The van der Waals surface area contributed by atoms with E-state index in [1.165, 1.54) is 0 Å². The number of likely N-dealkylation sites (tertiary alicyclic amines) is 1. The average molecular weight is 370 g/mol. The number of hydrogen-bond acceptors (Lipinski definition) is 3. The highest BCUT2D eigenvalue weighted by Gasteiger charge is 2.35. The van der Waals surface area contributed by atoms with Gasteiger partial charge in [-0.1, -0.05) is 23.2 Å². The molecule has 2 fully saturated rings. The number of piperidine rings is 1. The van der Waals surface area contributed by atoms with Gasteiger partial charge in [-0.3, -0.25) is 9.59 Å². The Bertz CT molecular complexity index is 612. The molecular formula is C17H21Cl2N3O2. The second kappa shape index (κ2) is 7.72. The molecule has 2 amide bonds. The molecule has 0 aliphatic carbocycles. The molecule has 2 unspecified atom stereocenters. The van der Waals surface area contributed by atoms with E-state index in [1.807, 2.05) is 0 Å². The largest absolute Gasteiger partial charge is 0.350 e. The zero-order valence-corrected chi connectivity index (χ0v) is 14.9. The predicted octanol–water partition coefficient (Wildman–Crippen LogP) is 2.47. The molecule has 2 heterocycles. The van der Waals surface area contributed by atoms with E-state index in [0.29, 0.717) is 28.6 Å². The van der Waals surface area contributed by atoms with E-state index in [4.69, 9.17) is 23.2 Å². The Morgan fingerprint density at radius 1 is 1.12 bits per heavy atom. The molecule has 24 heavy (non-hydrogen) atoms. The maximum Gasteiger partial charge on any atom is 0.254 e. The molecule has 0 spiro atoms. The fourth-order valence-corrected chi connectivity index (χ4v) is 3.92. The number of hydrogen-bond donors (Lipinski definition) is 2. The number of nitrogens with one attached hydrogen (secondary N) is 2. The van der Waals surface area contributed by atoms with Crippen LogP contribution in [0.5, 0.6) is 0 Å². The lowest BCUT2D eigenvalue weighted by molar-refractivity contribution is -0.125. The Morgan fingerprint density at radius 3 is 2.54 bits per heavy atom. The maximum atomic E-state index is 12.8. The second-order valence-corrected chi connectivity index (χ2v) is 7.24. The van der Waals surface area contributed by atoms with Gasteiger partial charge in [-0.05, 0) is 50.4 Å². The number of carbonyl (C=O) groups is 2.